The van der Waals surface area contributed by atoms with Gasteiger partial charge in [0.25, 0.3) is 0 Å². The molecule has 0 saturated heterocycles. The van der Waals surface area contributed by atoms with Gasteiger partial charge in [-0.05, 0) is 75.0 Å². The van der Waals surface area contributed by atoms with E-state index >= 15 is 0 Å². The molecule has 0 unspecified atom stereocenters. The first-order valence-corrected chi connectivity index (χ1v) is 12.2. The molecule has 33 heavy (non-hydrogen) atoms. The minimum Gasteiger partial charge on any atom is -0.497 e. The average Bonchev–Trinajstić information content (AvgIpc) is 2.83. The number of fused-ring (bicyclic) bond motifs is 1. The van der Waals surface area contributed by atoms with Gasteiger partial charge in [-0.15, -0.1) is 0 Å². The highest BCUT2D eigenvalue weighted by Crippen LogP contribution is 2.30. The first kappa shape index (κ1) is 23.3. The Kier molecular flexibility index (Phi) is 7.68. The van der Waals surface area contributed by atoms with Crippen LogP contribution in [0.4, 0.5) is 11.8 Å². The molecule has 7 nitrogen and oxygen atoms in total. The monoisotopic (exact) mass is 451 g/mol. The van der Waals surface area contributed by atoms with Crippen LogP contribution in [0, 0.1) is 5.92 Å². The van der Waals surface area contributed by atoms with Crippen LogP contribution in [0.3, 0.4) is 0 Å². The molecule has 0 atom stereocenters. The molecule has 1 heterocycles. The van der Waals surface area contributed by atoms with Gasteiger partial charge in [0.1, 0.15) is 11.6 Å². The highest BCUT2D eigenvalue weighted by atomic mass is 16.5. The number of hydrogen-bond acceptors (Lipinski definition) is 6. The Bertz CT molecular complexity index is 954. The molecule has 0 aliphatic heterocycles. The van der Waals surface area contributed by atoms with Crippen molar-refractivity contribution in [1.29, 1.82) is 0 Å². The molecule has 1 amide bonds. The van der Waals surface area contributed by atoms with E-state index in [1.165, 1.54) is 24.1 Å². The number of amides is 1. The van der Waals surface area contributed by atoms with Crippen LogP contribution < -0.4 is 20.3 Å². The van der Waals surface area contributed by atoms with Gasteiger partial charge in [0.15, 0.2) is 0 Å². The zero-order valence-corrected chi connectivity index (χ0v) is 20.2. The van der Waals surface area contributed by atoms with E-state index in [2.05, 4.69) is 29.6 Å². The van der Waals surface area contributed by atoms with Crippen LogP contribution in [0.2, 0.25) is 0 Å². The molecule has 1 fully saturated rings. The second kappa shape index (κ2) is 10.9. The zero-order chi connectivity index (χ0) is 23.2. The van der Waals surface area contributed by atoms with Crippen molar-refractivity contribution in [3.8, 4) is 5.75 Å². The maximum Gasteiger partial charge on any atom is 0.225 e. The van der Waals surface area contributed by atoms with Gasteiger partial charge in [-0.2, -0.15) is 4.98 Å². The summed E-state index contributed by atoms with van der Waals surface area (Å²) in [4.78, 5) is 24.2. The lowest BCUT2D eigenvalue weighted by Crippen LogP contribution is -2.35. The summed E-state index contributed by atoms with van der Waals surface area (Å²) in [6.45, 7) is 0.746. The van der Waals surface area contributed by atoms with E-state index in [0.29, 0.717) is 18.4 Å². The first-order valence-electron chi connectivity index (χ1n) is 12.2. The number of carbonyl (C=O) groups excluding carboxylic acids is 1. The Hall–Kier alpha value is -2.83. The number of methoxy groups -OCH3 is 1. The summed E-state index contributed by atoms with van der Waals surface area (Å²) < 4.78 is 5.24. The average molecular weight is 452 g/mol. The molecule has 1 aromatic carbocycles. The molecule has 1 aromatic heterocycles. The van der Waals surface area contributed by atoms with Crippen molar-refractivity contribution in [2.24, 2.45) is 5.92 Å². The summed E-state index contributed by atoms with van der Waals surface area (Å²) in [5.41, 5.74) is 3.52. The number of ether oxygens (including phenoxy) is 1. The van der Waals surface area contributed by atoms with Crippen molar-refractivity contribution in [3.63, 3.8) is 0 Å². The number of aromatic nitrogens is 2. The molecule has 2 aromatic rings. The quantitative estimate of drug-likeness (QED) is 0.636. The summed E-state index contributed by atoms with van der Waals surface area (Å²) in [5, 5.41) is 6.73. The van der Waals surface area contributed by atoms with E-state index in [4.69, 9.17) is 14.7 Å². The van der Waals surface area contributed by atoms with Gasteiger partial charge in [-0.3, -0.25) is 4.79 Å². The number of rotatable bonds is 8. The summed E-state index contributed by atoms with van der Waals surface area (Å²) in [7, 11) is 5.77. The lowest BCUT2D eigenvalue weighted by atomic mass is 9.86. The van der Waals surface area contributed by atoms with E-state index in [9.17, 15) is 4.79 Å². The second-order valence-electron chi connectivity index (χ2n) is 9.59. The van der Waals surface area contributed by atoms with E-state index in [0.717, 1.165) is 68.1 Å². The summed E-state index contributed by atoms with van der Waals surface area (Å²) in [5.74, 6) is 3.22. The number of nitrogens with zero attached hydrogens (tertiary/aromatic N) is 3. The first-order chi connectivity index (χ1) is 16.0. The molecule has 0 spiro atoms. The van der Waals surface area contributed by atoms with Gasteiger partial charge in [-0.25, -0.2) is 4.98 Å². The number of carbonyl (C=O) groups is 1. The summed E-state index contributed by atoms with van der Waals surface area (Å²) in [6, 6.07) is 8.09. The van der Waals surface area contributed by atoms with Crippen molar-refractivity contribution < 1.29 is 9.53 Å². The number of hydrogen-bond donors (Lipinski definition) is 2. The van der Waals surface area contributed by atoms with Crippen molar-refractivity contribution in [2.45, 2.75) is 63.8 Å². The molecule has 7 heteroatoms. The molecule has 1 saturated carbocycles. The van der Waals surface area contributed by atoms with E-state index in [1.807, 2.05) is 24.3 Å². The van der Waals surface area contributed by atoms with E-state index < -0.39 is 0 Å². The van der Waals surface area contributed by atoms with Crippen molar-refractivity contribution in [2.75, 3.05) is 38.0 Å². The molecule has 4 rings (SSSR count). The normalized spacial score (nSPS) is 20.0. The fraction of sp³-hybridized carbons (Fsp3) is 0.577. The number of benzene rings is 1. The molecule has 178 valence electrons. The van der Waals surface area contributed by atoms with Gasteiger partial charge in [0, 0.05) is 32.2 Å². The Balaban J connectivity index is 1.24. The van der Waals surface area contributed by atoms with Crippen LogP contribution in [0.25, 0.3) is 0 Å². The zero-order valence-electron chi connectivity index (χ0n) is 20.2. The Labute approximate surface area is 197 Å². The highest BCUT2D eigenvalue weighted by Gasteiger charge is 2.24. The molecule has 2 N–H and O–H groups in total. The molecule has 2 aliphatic rings. The van der Waals surface area contributed by atoms with Crippen molar-refractivity contribution in [1.82, 2.24) is 15.3 Å². The van der Waals surface area contributed by atoms with Crippen LogP contribution in [0.15, 0.2) is 24.3 Å². The van der Waals surface area contributed by atoms with Crippen LogP contribution in [-0.2, 0) is 24.1 Å². The van der Waals surface area contributed by atoms with Gasteiger partial charge in [0.2, 0.25) is 11.9 Å². The molecular weight excluding hydrogens is 414 g/mol. The fourth-order valence-electron chi connectivity index (χ4n) is 4.99. The topological polar surface area (TPSA) is 79.4 Å². The van der Waals surface area contributed by atoms with Crippen molar-refractivity contribution in [3.05, 3.63) is 41.1 Å². The smallest absolute Gasteiger partial charge is 0.225 e. The highest BCUT2D eigenvalue weighted by molar-refractivity contribution is 5.78. The Morgan fingerprint density at radius 2 is 1.91 bits per heavy atom. The third-order valence-corrected chi connectivity index (χ3v) is 6.85. The number of anilines is 2. The summed E-state index contributed by atoms with van der Waals surface area (Å²) in [6.07, 6.45) is 9.31. The van der Waals surface area contributed by atoms with Crippen LogP contribution in [-0.4, -0.2) is 49.7 Å². The predicted octanol–water partition coefficient (Wildman–Crippen LogP) is 3.76. The molecule has 0 bridgehead atoms. The molecule has 2 aliphatic carbocycles. The minimum atomic E-state index is 0.0715. The number of aryl methyl sites for hydroxylation is 1. The van der Waals surface area contributed by atoms with Crippen LogP contribution in [0.1, 0.15) is 55.3 Å². The second-order valence-corrected chi connectivity index (χ2v) is 9.59. The summed E-state index contributed by atoms with van der Waals surface area (Å²) >= 11 is 0. The standard InChI is InChI=1S/C26H37N5O2/c1-31(2)25-22-9-4-5-10-23(22)29-26(30-25)28-20-13-11-18(12-14-20)17-27-24(32)16-19-7-6-8-21(15-19)33-3/h6-8,15,18,20H,4-5,9-14,16-17H2,1-3H3,(H,27,32)(H,28,29,30). The fourth-order valence-corrected chi connectivity index (χ4v) is 4.99. The van der Waals surface area contributed by atoms with Crippen LogP contribution >= 0.6 is 0 Å². The lowest BCUT2D eigenvalue weighted by molar-refractivity contribution is -0.120. The van der Waals surface area contributed by atoms with Crippen molar-refractivity contribution >= 4 is 17.7 Å². The van der Waals surface area contributed by atoms with E-state index in [1.54, 1.807) is 7.11 Å². The van der Waals surface area contributed by atoms with Gasteiger partial charge < -0.3 is 20.3 Å². The van der Waals surface area contributed by atoms with Gasteiger partial charge in [-0.1, -0.05) is 12.1 Å². The van der Waals surface area contributed by atoms with Crippen LogP contribution in [0.5, 0.6) is 5.75 Å². The third-order valence-electron chi connectivity index (χ3n) is 6.85. The molecule has 0 radical (unpaired) electrons. The largest absolute Gasteiger partial charge is 0.497 e. The molecular formula is C26H37N5O2. The predicted molar refractivity (Wildman–Crippen MR) is 132 cm³/mol. The Morgan fingerprint density at radius 1 is 1.12 bits per heavy atom. The van der Waals surface area contributed by atoms with Gasteiger partial charge >= 0.3 is 0 Å². The number of nitrogens with one attached hydrogen (secondary N) is 2. The Morgan fingerprint density at radius 3 is 2.67 bits per heavy atom. The SMILES string of the molecule is COc1cccc(CC(=O)NCC2CCC(Nc3nc4c(c(N(C)C)n3)CCCC4)CC2)c1. The lowest BCUT2D eigenvalue weighted by Gasteiger charge is -2.30. The minimum absolute atomic E-state index is 0.0715. The van der Waals surface area contributed by atoms with E-state index in [-0.39, 0.29) is 5.91 Å². The third kappa shape index (κ3) is 6.15. The maximum atomic E-state index is 12.4. The maximum absolute atomic E-state index is 12.4. The van der Waals surface area contributed by atoms with Gasteiger partial charge in [0.05, 0.1) is 19.2 Å².